The molecule has 1 saturated carbocycles. The van der Waals surface area contributed by atoms with E-state index >= 15 is 0 Å². The number of nitrogens with zero attached hydrogens (tertiary/aromatic N) is 1. The van der Waals surface area contributed by atoms with Gasteiger partial charge in [0.2, 0.25) is 0 Å². The molecule has 1 fully saturated rings. The summed E-state index contributed by atoms with van der Waals surface area (Å²) in [5, 5.41) is 9.92. The fourth-order valence-electron chi connectivity index (χ4n) is 3.09. The van der Waals surface area contributed by atoms with Crippen LogP contribution in [0.1, 0.15) is 39.2 Å². The second-order valence-electron chi connectivity index (χ2n) is 8.12. The average Bonchev–Trinajstić information content (AvgIpc) is 3.27. The molecule has 0 radical (unpaired) electrons. The number of carboxylic acid groups (broad SMARTS) is 1. The smallest absolute Gasteiger partial charge is 0.320 e. The van der Waals surface area contributed by atoms with Crippen LogP contribution in [0.5, 0.6) is 0 Å². The van der Waals surface area contributed by atoms with E-state index in [9.17, 15) is 14.3 Å². The third-order valence-electron chi connectivity index (χ3n) is 5.01. The number of thioether (sulfide) groups is 1. The van der Waals surface area contributed by atoms with Crippen LogP contribution in [0, 0.1) is 5.82 Å². The number of aromatic amines is 1. The molecule has 0 amide bonds. The van der Waals surface area contributed by atoms with Gasteiger partial charge in [0, 0.05) is 11.1 Å². The highest BCUT2D eigenvalue weighted by molar-refractivity contribution is 8.01. The van der Waals surface area contributed by atoms with E-state index < -0.39 is 16.5 Å². The molecule has 0 bridgehead atoms. The first kappa shape index (κ1) is 18.0. The minimum Gasteiger partial charge on any atom is -0.480 e. The van der Waals surface area contributed by atoms with Crippen molar-refractivity contribution in [1.29, 1.82) is 0 Å². The van der Waals surface area contributed by atoms with Crippen molar-refractivity contribution in [2.75, 3.05) is 0 Å². The van der Waals surface area contributed by atoms with E-state index in [0.717, 1.165) is 23.0 Å². The molecular weight excluding hydrogens is 363 g/mol. The first-order chi connectivity index (χ1) is 12.7. The summed E-state index contributed by atoms with van der Waals surface area (Å²) in [6.45, 7) is 6.46. The van der Waals surface area contributed by atoms with Gasteiger partial charge in [-0.15, -0.1) is 0 Å². The fourth-order valence-corrected chi connectivity index (χ4v) is 4.16. The van der Waals surface area contributed by atoms with Crippen molar-refractivity contribution >= 4 is 28.6 Å². The highest BCUT2D eigenvalue weighted by Gasteiger charge is 2.52. The lowest BCUT2D eigenvalue weighted by Crippen LogP contribution is -2.17. The Balaban J connectivity index is 1.73. The maximum absolute atomic E-state index is 15.0. The minimum atomic E-state index is -0.915. The lowest BCUT2D eigenvalue weighted by molar-refractivity contribution is -0.137. The number of fused-ring (bicyclic) bond motifs is 1. The molecule has 0 saturated heterocycles. The quantitative estimate of drug-likeness (QED) is 0.634. The van der Waals surface area contributed by atoms with E-state index in [-0.39, 0.29) is 10.4 Å². The summed E-state index contributed by atoms with van der Waals surface area (Å²) in [6.07, 6.45) is 2.67. The first-order valence-corrected chi connectivity index (χ1v) is 9.72. The molecule has 0 aliphatic heterocycles. The van der Waals surface area contributed by atoms with E-state index in [4.69, 9.17) is 0 Å². The van der Waals surface area contributed by atoms with Crippen LogP contribution in [-0.4, -0.2) is 25.8 Å². The second kappa shape index (κ2) is 6.09. The highest BCUT2D eigenvalue weighted by atomic mass is 32.2. The van der Waals surface area contributed by atoms with E-state index in [1.54, 1.807) is 12.3 Å². The number of hydrogen-bond donors (Lipinski definition) is 2. The third kappa shape index (κ3) is 3.23. The van der Waals surface area contributed by atoms with Crippen molar-refractivity contribution < 1.29 is 14.3 Å². The van der Waals surface area contributed by atoms with Crippen LogP contribution in [0.4, 0.5) is 4.39 Å². The van der Waals surface area contributed by atoms with Gasteiger partial charge in [-0.2, -0.15) is 0 Å². The molecule has 3 aromatic rings. The molecule has 0 atom stereocenters. The molecule has 2 heterocycles. The largest absolute Gasteiger partial charge is 0.480 e. The summed E-state index contributed by atoms with van der Waals surface area (Å²) in [6, 6.07) is 9.96. The Morgan fingerprint density at radius 3 is 2.67 bits per heavy atom. The zero-order chi connectivity index (χ0) is 19.4. The van der Waals surface area contributed by atoms with Crippen molar-refractivity contribution in [2.45, 2.75) is 48.8 Å². The van der Waals surface area contributed by atoms with Crippen molar-refractivity contribution in [3.05, 3.63) is 47.9 Å². The van der Waals surface area contributed by atoms with Gasteiger partial charge in [0.05, 0.1) is 11.7 Å². The van der Waals surface area contributed by atoms with Crippen LogP contribution in [-0.2, 0) is 10.2 Å². The SMILES string of the molecule is CC(C)(C)c1cccc(-c2cc3c(F)c(SC4(C(=O)O)CC4)ncc3[nH]2)c1. The van der Waals surface area contributed by atoms with Crippen LogP contribution in [0.15, 0.2) is 41.6 Å². The topological polar surface area (TPSA) is 66.0 Å². The number of carboxylic acids is 1. The number of nitrogens with one attached hydrogen (secondary N) is 1. The number of benzene rings is 1. The molecule has 1 aromatic carbocycles. The molecule has 1 aliphatic rings. The van der Waals surface area contributed by atoms with E-state index in [1.807, 2.05) is 12.1 Å². The number of carbonyl (C=O) groups is 1. The summed E-state index contributed by atoms with van der Waals surface area (Å²) in [5.74, 6) is -1.36. The predicted octanol–water partition coefficient (Wildman–Crippen LogP) is 5.38. The molecule has 6 heteroatoms. The zero-order valence-corrected chi connectivity index (χ0v) is 16.3. The van der Waals surface area contributed by atoms with Gasteiger partial charge < -0.3 is 10.1 Å². The van der Waals surface area contributed by atoms with Crippen LogP contribution in [0.2, 0.25) is 0 Å². The number of hydrogen-bond acceptors (Lipinski definition) is 3. The van der Waals surface area contributed by atoms with Crippen molar-refractivity contribution in [3.63, 3.8) is 0 Å². The monoisotopic (exact) mass is 384 g/mol. The second-order valence-corrected chi connectivity index (χ2v) is 9.49. The first-order valence-electron chi connectivity index (χ1n) is 8.90. The van der Waals surface area contributed by atoms with Gasteiger partial charge in [0.25, 0.3) is 0 Å². The normalized spacial score (nSPS) is 15.9. The van der Waals surface area contributed by atoms with Gasteiger partial charge in [-0.3, -0.25) is 4.79 Å². The Morgan fingerprint density at radius 1 is 1.30 bits per heavy atom. The van der Waals surface area contributed by atoms with Crippen LogP contribution < -0.4 is 0 Å². The number of aliphatic carboxylic acids is 1. The van der Waals surface area contributed by atoms with Crippen LogP contribution >= 0.6 is 11.8 Å². The Morgan fingerprint density at radius 2 is 2.04 bits per heavy atom. The number of rotatable bonds is 4. The number of aromatic nitrogens is 2. The van der Waals surface area contributed by atoms with E-state index in [2.05, 4.69) is 42.9 Å². The van der Waals surface area contributed by atoms with E-state index in [1.165, 1.54) is 5.56 Å². The van der Waals surface area contributed by atoms with E-state index in [0.29, 0.717) is 23.7 Å². The maximum atomic E-state index is 15.0. The molecule has 140 valence electrons. The number of pyridine rings is 1. The maximum Gasteiger partial charge on any atom is 0.320 e. The van der Waals surface area contributed by atoms with Gasteiger partial charge in [0.15, 0.2) is 5.82 Å². The molecule has 4 rings (SSSR count). The summed E-state index contributed by atoms with van der Waals surface area (Å²) in [5.41, 5.74) is 3.63. The van der Waals surface area contributed by atoms with Crippen molar-refractivity contribution in [2.24, 2.45) is 0 Å². The van der Waals surface area contributed by atoms with Gasteiger partial charge in [0.1, 0.15) is 9.77 Å². The van der Waals surface area contributed by atoms with Crippen molar-refractivity contribution in [1.82, 2.24) is 9.97 Å². The van der Waals surface area contributed by atoms with Gasteiger partial charge in [-0.1, -0.05) is 50.7 Å². The van der Waals surface area contributed by atoms with Crippen LogP contribution in [0.3, 0.4) is 0 Å². The predicted molar refractivity (Wildman–Crippen MR) is 106 cm³/mol. The fraction of sp³-hybridized carbons (Fsp3) is 0.333. The standard InChI is InChI=1S/C21H21FN2O2S/c1-20(2,3)13-6-4-5-12(9-13)15-10-14-16(24-15)11-23-18(17(14)22)27-21(7-8-21)19(25)26/h4-6,9-11,24H,7-8H2,1-3H3,(H,25,26). The third-order valence-corrected chi connectivity index (χ3v) is 6.46. The lowest BCUT2D eigenvalue weighted by Gasteiger charge is -2.19. The van der Waals surface area contributed by atoms with Crippen molar-refractivity contribution in [3.8, 4) is 11.3 Å². The molecular formula is C21H21FN2O2S. The Bertz CT molecular complexity index is 1050. The van der Waals surface area contributed by atoms with Gasteiger partial charge >= 0.3 is 5.97 Å². The molecule has 2 N–H and O–H groups in total. The summed E-state index contributed by atoms with van der Waals surface area (Å²) < 4.78 is 14.1. The molecule has 4 nitrogen and oxygen atoms in total. The highest BCUT2D eigenvalue weighted by Crippen LogP contribution is 2.52. The molecule has 2 aromatic heterocycles. The summed E-state index contributed by atoms with van der Waals surface area (Å²) >= 11 is 1.02. The Hall–Kier alpha value is -2.34. The zero-order valence-electron chi connectivity index (χ0n) is 15.5. The minimum absolute atomic E-state index is 0.0219. The van der Waals surface area contributed by atoms with Crippen LogP contribution in [0.25, 0.3) is 22.2 Å². The molecule has 0 spiro atoms. The Labute approximate surface area is 161 Å². The number of halogens is 1. The summed E-state index contributed by atoms with van der Waals surface area (Å²) in [7, 11) is 0. The number of H-pyrrole nitrogens is 1. The average molecular weight is 384 g/mol. The van der Waals surface area contributed by atoms with Gasteiger partial charge in [-0.05, 0) is 41.5 Å². The lowest BCUT2D eigenvalue weighted by atomic mass is 9.86. The molecule has 0 unspecified atom stereocenters. The molecule has 1 aliphatic carbocycles. The summed E-state index contributed by atoms with van der Waals surface area (Å²) in [4.78, 5) is 18.8. The van der Waals surface area contributed by atoms with Gasteiger partial charge in [-0.25, -0.2) is 9.37 Å². The Kier molecular flexibility index (Phi) is 4.07. The molecule has 27 heavy (non-hydrogen) atoms.